The summed E-state index contributed by atoms with van der Waals surface area (Å²) in [5.74, 6) is -0.206. The van der Waals surface area contributed by atoms with Gasteiger partial charge < -0.3 is 19.7 Å². The number of unbranched alkanes of at least 4 members (excludes halogenated alkanes) is 3. The topological polar surface area (TPSA) is 80.6 Å². The number of ether oxygens (including phenoxy) is 1. The van der Waals surface area contributed by atoms with Crippen molar-refractivity contribution in [3.05, 3.63) is 32.1 Å². The average Bonchev–Trinajstić information content (AvgIpc) is 3.20. The maximum absolute atomic E-state index is 13.3. The van der Waals surface area contributed by atoms with Gasteiger partial charge >= 0.3 is 5.97 Å². The lowest BCUT2D eigenvalue weighted by Crippen LogP contribution is -2.65. The number of aromatic nitrogens is 1. The van der Waals surface area contributed by atoms with Crippen LogP contribution in [0.25, 0.3) is 0 Å². The van der Waals surface area contributed by atoms with Gasteiger partial charge in [-0.05, 0) is 61.0 Å². The molecular weight excluding hydrogens is 520 g/mol. The summed E-state index contributed by atoms with van der Waals surface area (Å²) < 4.78 is 8.36. The van der Waals surface area contributed by atoms with Crippen LogP contribution in [0.15, 0.2) is 21.5 Å². The normalized spacial score (nSPS) is 27.7. The SMILES string of the molecule is CCCCCCC(CCC)C(=O)OC1CCCC12CNCCC2(O)Cn1cc(Br)c(Cl)cc1=O. The first-order chi connectivity index (χ1) is 16.3. The molecule has 1 saturated heterocycles. The maximum atomic E-state index is 13.3. The lowest BCUT2D eigenvalue weighted by Gasteiger charge is -2.51. The van der Waals surface area contributed by atoms with Gasteiger partial charge in [-0.1, -0.05) is 57.6 Å². The van der Waals surface area contributed by atoms with Crippen LogP contribution >= 0.6 is 27.5 Å². The molecule has 0 aromatic carbocycles. The first kappa shape index (κ1) is 27.7. The molecule has 192 valence electrons. The fourth-order valence-electron chi connectivity index (χ4n) is 5.91. The van der Waals surface area contributed by atoms with Crippen molar-refractivity contribution in [2.24, 2.45) is 11.3 Å². The molecule has 1 aromatic rings. The highest BCUT2D eigenvalue weighted by molar-refractivity contribution is 9.10. The fourth-order valence-corrected chi connectivity index (χ4v) is 6.42. The third-order valence-electron chi connectivity index (χ3n) is 7.89. The standard InChI is InChI=1S/C26H40BrClN2O4/c1-3-5-6-7-10-19(9-4-2)24(32)34-22-11-8-12-25(22)17-29-14-13-26(25,33)18-30-16-20(27)21(28)15-23(30)31/h15-16,19,22,29,33H,3-14,17-18H2,1-2H3. The minimum absolute atomic E-state index is 0.0843. The Morgan fingerprint density at radius 3 is 2.82 bits per heavy atom. The van der Waals surface area contributed by atoms with Gasteiger partial charge in [-0.2, -0.15) is 0 Å². The Kier molecular flexibility index (Phi) is 10.1. The predicted molar refractivity (Wildman–Crippen MR) is 139 cm³/mol. The van der Waals surface area contributed by atoms with E-state index in [4.69, 9.17) is 16.3 Å². The lowest BCUT2D eigenvalue weighted by molar-refractivity contribution is -0.187. The molecule has 1 aromatic heterocycles. The number of hydrogen-bond donors (Lipinski definition) is 2. The molecule has 0 amide bonds. The summed E-state index contributed by atoms with van der Waals surface area (Å²) in [4.78, 5) is 25.9. The highest BCUT2D eigenvalue weighted by atomic mass is 79.9. The zero-order valence-electron chi connectivity index (χ0n) is 20.6. The molecule has 4 atom stereocenters. The summed E-state index contributed by atoms with van der Waals surface area (Å²) in [5, 5.41) is 15.8. The summed E-state index contributed by atoms with van der Waals surface area (Å²) in [6.45, 7) is 5.66. The van der Waals surface area contributed by atoms with E-state index in [-0.39, 0.29) is 30.1 Å². The Hall–Kier alpha value is -0.890. The molecule has 2 heterocycles. The van der Waals surface area contributed by atoms with Crippen molar-refractivity contribution in [1.82, 2.24) is 9.88 Å². The molecule has 2 aliphatic rings. The van der Waals surface area contributed by atoms with Crippen LogP contribution in [0.3, 0.4) is 0 Å². The number of nitrogens with zero attached hydrogens (tertiary/aromatic N) is 1. The molecule has 2 N–H and O–H groups in total. The Balaban J connectivity index is 1.80. The molecule has 1 aliphatic carbocycles. The molecule has 34 heavy (non-hydrogen) atoms. The molecule has 2 fully saturated rings. The molecule has 0 radical (unpaired) electrons. The van der Waals surface area contributed by atoms with Crippen LogP contribution in [0.4, 0.5) is 0 Å². The van der Waals surface area contributed by atoms with Crippen molar-refractivity contribution >= 4 is 33.5 Å². The molecule has 0 bridgehead atoms. The third kappa shape index (κ3) is 6.08. The van der Waals surface area contributed by atoms with E-state index in [1.54, 1.807) is 6.20 Å². The fraction of sp³-hybridized carbons (Fsp3) is 0.769. The Morgan fingerprint density at radius 2 is 2.09 bits per heavy atom. The quantitative estimate of drug-likeness (QED) is 0.278. The van der Waals surface area contributed by atoms with Crippen molar-refractivity contribution < 1.29 is 14.6 Å². The van der Waals surface area contributed by atoms with E-state index in [1.165, 1.54) is 23.5 Å². The monoisotopic (exact) mass is 558 g/mol. The van der Waals surface area contributed by atoms with E-state index < -0.39 is 11.0 Å². The molecule has 1 spiro atoms. The van der Waals surface area contributed by atoms with Gasteiger partial charge in [-0.3, -0.25) is 9.59 Å². The maximum Gasteiger partial charge on any atom is 0.309 e. The van der Waals surface area contributed by atoms with Crippen LogP contribution in [-0.2, 0) is 16.1 Å². The average molecular weight is 560 g/mol. The van der Waals surface area contributed by atoms with Crippen LogP contribution < -0.4 is 10.9 Å². The first-order valence-electron chi connectivity index (χ1n) is 13.0. The van der Waals surface area contributed by atoms with E-state index >= 15 is 0 Å². The number of pyridine rings is 1. The summed E-state index contributed by atoms with van der Waals surface area (Å²) in [5.41, 5.74) is -2.04. The largest absolute Gasteiger partial charge is 0.461 e. The number of esters is 1. The number of piperidine rings is 1. The number of aliphatic hydroxyl groups is 1. The second-order valence-corrected chi connectivity index (χ2v) is 11.5. The van der Waals surface area contributed by atoms with Gasteiger partial charge in [-0.25, -0.2) is 0 Å². The van der Waals surface area contributed by atoms with Crippen molar-refractivity contribution in [3.63, 3.8) is 0 Å². The highest BCUT2D eigenvalue weighted by Crippen LogP contribution is 2.51. The summed E-state index contributed by atoms with van der Waals surface area (Å²) in [6.07, 6.45) is 11.4. The molecule has 4 unspecified atom stereocenters. The zero-order chi connectivity index (χ0) is 24.8. The molecule has 8 heteroatoms. The first-order valence-corrected chi connectivity index (χ1v) is 14.1. The van der Waals surface area contributed by atoms with Gasteiger partial charge in [0.1, 0.15) is 6.10 Å². The Morgan fingerprint density at radius 1 is 1.29 bits per heavy atom. The number of nitrogens with one attached hydrogen (secondary N) is 1. The van der Waals surface area contributed by atoms with Gasteiger partial charge in [0, 0.05) is 18.8 Å². The van der Waals surface area contributed by atoms with E-state index in [1.807, 2.05) is 0 Å². The van der Waals surface area contributed by atoms with Gasteiger partial charge in [0.2, 0.25) is 0 Å². The Bertz CT molecular complexity index is 894. The number of hydrogen-bond acceptors (Lipinski definition) is 5. The molecule has 3 rings (SSSR count). The van der Waals surface area contributed by atoms with Crippen LogP contribution in [0, 0.1) is 11.3 Å². The summed E-state index contributed by atoms with van der Waals surface area (Å²) in [6, 6.07) is 1.36. The van der Waals surface area contributed by atoms with E-state index in [9.17, 15) is 14.7 Å². The van der Waals surface area contributed by atoms with Crippen LogP contribution in [0.5, 0.6) is 0 Å². The van der Waals surface area contributed by atoms with E-state index in [2.05, 4.69) is 35.1 Å². The number of carbonyl (C=O) groups is 1. The smallest absolute Gasteiger partial charge is 0.309 e. The summed E-state index contributed by atoms with van der Waals surface area (Å²) in [7, 11) is 0. The van der Waals surface area contributed by atoms with Crippen LogP contribution in [-0.4, -0.2) is 40.4 Å². The van der Waals surface area contributed by atoms with E-state index in [0.29, 0.717) is 29.0 Å². The van der Waals surface area contributed by atoms with Gasteiger partial charge in [0.15, 0.2) is 0 Å². The highest BCUT2D eigenvalue weighted by Gasteiger charge is 2.60. The second kappa shape index (κ2) is 12.4. The van der Waals surface area contributed by atoms with Crippen molar-refractivity contribution in [2.75, 3.05) is 13.1 Å². The van der Waals surface area contributed by atoms with Crippen molar-refractivity contribution in [2.45, 2.75) is 103 Å². The van der Waals surface area contributed by atoms with E-state index in [0.717, 1.165) is 51.4 Å². The van der Waals surface area contributed by atoms with Gasteiger partial charge in [-0.15, -0.1) is 0 Å². The van der Waals surface area contributed by atoms with Gasteiger partial charge in [0.25, 0.3) is 5.56 Å². The predicted octanol–water partition coefficient (Wildman–Crippen LogP) is 5.46. The zero-order valence-corrected chi connectivity index (χ0v) is 22.9. The Labute approximate surface area is 216 Å². The number of carbonyl (C=O) groups excluding carboxylic acids is 1. The molecular formula is C26H40BrClN2O4. The third-order valence-corrected chi connectivity index (χ3v) is 9.06. The minimum atomic E-state index is -1.17. The van der Waals surface area contributed by atoms with Crippen LogP contribution in [0.2, 0.25) is 5.02 Å². The molecule has 1 aliphatic heterocycles. The lowest BCUT2D eigenvalue weighted by atomic mass is 9.65. The molecule has 6 nitrogen and oxygen atoms in total. The number of rotatable bonds is 11. The van der Waals surface area contributed by atoms with Crippen molar-refractivity contribution in [3.8, 4) is 0 Å². The number of halogens is 2. The second-order valence-electron chi connectivity index (χ2n) is 10.2. The molecule has 1 saturated carbocycles. The van der Waals surface area contributed by atoms with Crippen molar-refractivity contribution in [1.29, 1.82) is 0 Å². The van der Waals surface area contributed by atoms with Gasteiger partial charge in [0.05, 0.1) is 33.0 Å². The minimum Gasteiger partial charge on any atom is -0.461 e. The summed E-state index contributed by atoms with van der Waals surface area (Å²) >= 11 is 9.47. The van der Waals surface area contributed by atoms with Crippen LogP contribution in [0.1, 0.15) is 84.5 Å².